The van der Waals surface area contributed by atoms with Crippen molar-refractivity contribution < 1.29 is 32.6 Å². The highest BCUT2D eigenvalue weighted by molar-refractivity contribution is 7.59. The zero-order chi connectivity index (χ0) is 34.7. The van der Waals surface area contributed by atoms with Crippen molar-refractivity contribution in [3.63, 3.8) is 0 Å². The van der Waals surface area contributed by atoms with Gasteiger partial charge in [0.15, 0.2) is 11.6 Å². The van der Waals surface area contributed by atoms with Crippen LogP contribution in [0.15, 0.2) is 35.3 Å². The molecule has 0 radical (unpaired) electrons. The molecule has 0 amide bonds. The van der Waals surface area contributed by atoms with Gasteiger partial charge < -0.3 is 14.4 Å². The lowest BCUT2D eigenvalue weighted by atomic mass is 9.84. The molecule has 1 aromatic heterocycles. The number of halogens is 3. The first kappa shape index (κ1) is 39.0. The smallest absolute Gasteiger partial charge is 0.303 e. The Labute approximate surface area is 287 Å². The minimum atomic E-state index is -1.22. The van der Waals surface area contributed by atoms with Gasteiger partial charge in [0, 0.05) is 45.3 Å². The van der Waals surface area contributed by atoms with E-state index >= 15 is 8.78 Å². The predicted molar refractivity (Wildman–Crippen MR) is 186 cm³/mol. The number of ketones is 1. The molecule has 1 N–H and O–H groups in total. The minimum absolute atomic E-state index is 0. The lowest BCUT2D eigenvalue weighted by Gasteiger charge is -2.38. The number of carbonyl (C=O) groups is 2. The van der Waals surface area contributed by atoms with Crippen LogP contribution in [0.2, 0.25) is 0 Å². The fraction of sp³-hybridized carbons (Fsp3) is 0.486. The number of nitrogens with zero attached hydrogens (tertiary/aromatic N) is 2. The van der Waals surface area contributed by atoms with E-state index in [0.717, 1.165) is 17.7 Å². The van der Waals surface area contributed by atoms with E-state index in [2.05, 4.69) is 4.90 Å². The molecular weight excluding hydrogens is 641 g/mol. The Kier molecular flexibility index (Phi) is 13.3. The van der Waals surface area contributed by atoms with Gasteiger partial charge in [0.25, 0.3) is 5.56 Å². The van der Waals surface area contributed by atoms with Gasteiger partial charge in [-0.1, -0.05) is 13.8 Å². The normalized spacial score (nSPS) is 14.8. The number of pyridine rings is 1. The van der Waals surface area contributed by atoms with Crippen LogP contribution in [0.3, 0.4) is 0 Å². The third kappa shape index (κ3) is 8.78. The molecule has 4 rings (SSSR count). The van der Waals surface area contributed by atoms with Gasteiger partial charge in [-0.25, -0.2) is 13.2 Å². The molecule has 1 saturated heterocycles. The van der Waals surface area contributed by atoms with Gasteiger partial charge >= 0.3 is 5.97 Å². The fourth-order valence-electron chi connectivity index (χ4n) is 6.69. The molecule has 7 nitrogen and oxygen atoms in total. The van der Waals surface area contributed by atoms with E-state index in [1.807, 2.05) is 13.8 Å². The zero-order valence-electron chi connectivity index (χ0n) is 28.8. The van der Waals surface area contributed by atoms with E-state index in [-0.39, 0.29) is 55.0 Å². The molecule has 1 aliphatic rings. The summed E-state index contributed by atoms with van der Waals surface area (Å²) in [6.07, 6.45) is 1.46. The van der Waals surface area contributed by atoms with Crippen molar-refractivity contribution in [2.45, 2.75) is 85.3 Å². The zero-order valence-corrected chi connectivity index (χ0v) is 29.8. The average Bonchev–Trinajstić information content (AvgIpc) is 2.95. The summed E-state index contributed by atoms with van der Waals surface area (Å²) in [5.74, 6) is -4.80. The van der Waals surface area contributed by atoms with Crippen molar-refractivity contribution >= 4 is 25.2 Å². The SMILES string of the molecule is COC1CN(CCc2cn(C(CC(C)C)C(=O)C[C@@H](CC(=O)O)c3cc(-c4c(C)cc(F)cc4C)cc(C)c3F)c(=O)c(F)c2C)C1.S. The summed E-state index contributed by atoms with van der Waals surface area (Å²) in [4.78, 5) is 41.7. The van der Waals surface area contributed by atoms with Gasteiger partial charge in [0.05, 0.1) is 18.6 Å². The summed E-state index contributed by atoms with van der Waals surface area (Å²) < 4.78 is 51.8. The number of carboxylic acids is 1. The van der Waals surface area contributed by atoms with E-state index in [9.17, 15) is 23.9 Å². The molecule has 1 aliphatic heterocycles. The van der Waals surface area contributed by atoms with Crippen molar-refractivity contribution in [3.8, 4) is 11.1 Å². The maximum absolute atomic E-state index is 15.8. The summed E-state index contributed by atoms with van der Waals surface area (Å²) in [7, 11) is 1.66. The molecule has 0 saturated carbocycles. The lowest BCUT2D eigenvalue weighted by Crippen LogP contribution is -2.52. The second kappa shape index (κ2) is 16.3. The number of carboxylic acid groups (broad SMARTS) is 1. The molecule has 262 valence electrons. The van der Waals surface area contributed by atoms with Gasteiger partial charge in [0.2, 0.25) is 0 Å². The maximum atomic E-state index is 15.8. The summed E-state index contributed by atoms with van der Waals surface area (Å²) in [6, 6.07) is 4.83. The Morgan fingerprint density at radius 3 is 2.15 bits per heavy atom. The first-order valence-electron chi connectivity index (χ1n) is 16.1. The monoisotopic (exact) mass is 688 g/mol. The number of aromatic nitrogens is 1. The molecule has 0 spiro atoms. The van der Waals surface area contributed by atoms with Crippen molar-refractivity contribution in [1.82, 2.24) is 9.47 Å². The summed E-state index contributed by atoms with van der Waals surface area (Å²) in [5, 5.41) is 9.84. The van der Waals surface area contributed by atoms with Crippen LogP contribution < -0.4 is 5.56 Å². The van der Waals surface area contributed by atoms with Gasteiger partial charge in [0.1, 0.15) is 11.6 Å². The van der Waals surface area contributed by atoms with Crippen LogP contribution in [0.1, 0.15) is 78.5 Å². The van der Waals surface area contributed by atoms with Crippen molar-refractivity contribution in [2.24, 2.45) is 5.92 Å². The van der Waals surface area contributed by atoms with Crippen LogP contribution in [0, 0.1) is 51.1 Å². The Morgan fingerprint density at radius 2 is 1.58 bits per heavy atom. The third-order valence-corrected chi connectivity index (χ3v) is 9.26. The van der Waals surface area contributed by atoms with E-state index in [4.69, 9.17) is 4.74 Å². The first-order chi connectivity index (χ1) is 22.1. The second-order valence-electron chi connectivity index (χ2n) is 13.4. The highest BCUT2D eigenvalue weighted by Crippen LogP contribution is 2.37. The maximum Gasteiger partial charge on any atom is 0.303 e. The van der Waals surface area contributed by atoms with Crippen LogP contribution in [-0.4, -0.2) is 59.2 Å². The second-order valence-corrected chi connectivity index (χ2v) is 13.4. The number of hydrogen-bond donors (Lipinski definition) is 1. The lowest BCUT2D eigenvalue weighted by molar-refractivity contribution is -0.137. The number of carbonyl (C=O) groups excluding carboxylic acids is 1. The molecular formula is C37H47F3N2O5S. The van der Waals surface area contributed by atoms with Crippen LogP contribution in [0.25, 0.3) is 11.1 Å². The summed E-state index contributed by atoms with van der Waals surface area (Å²) >= 11 is 0. The number of aliphatic carboxylic acids is 1. The largest absolute Gasteiger partial charge is 0.481 e. The summed E-state index contributed by atoms with van der Waals surface area (Å²) in [5.41, 5.74) is 2.75. The number of Topliss-reactive ketones (excluding diaryl/α,β-unsaturated/α-hetero) is 1. The van der Waals surface area contributed by atoms with E-state index in [0.29, 0.717) is 40.8 Å². The molecule has 1 fully saturated rings. The molecule has 2 aromatic carbocycles. The molecule has 48 heavy (non-hydrogen) atoms. The number of hydrogen-bond acceptors (Lipinski definition) is 5. The quantitative estimate of drug-likeness (QED) is 0.197. The fourth-order valence-corrected chi connectivity index (χ4v) is 6.69. The topological polar surface area (TPSA) is 88.8 Å². The number of ether oxygens (including phenoxy) is 1. The van der Waals surface area contributed by atoms with Gasteiger partial charge in [-0.3, -0.25) is 19.3 Å². The molecule has 1 unspecified atom stereocenters. The van der Waals surface area contributed by atoms with Crippen LogP contribution in [0.4, 0.5) is 13.2 Å². The predicted octanol–water partition coefficient (Wildman–Crippen LogP) is 6.96. The van der Waals surface area contributed by atoms with E-state index in [1.54, 1.807) is 47.1 Å². The first-order valence-corrected chi connectivity index (χ1v) is 16.1. The van der Waals surface area contributed by atoms with Crippen molar-refractivity contribution in [3.05, 3.63) is 91.6 Å². The Bertz CT molecular complexity index is 1690. The number of likely N-dealkylation sites (tertiary alicyclic amines) is 1. The number of aryl methyl sites for hydroxylation is 3. The van der Waals surface area contributed by atoms with Crippen molar-refractivity contribution in [2.75, 3.05) is 26.7 Å². The molecule has 3 aromatic rings. The number of methoxy groups -OCH3 is 1. The molecule has 0 bridgehead atoms. The van der Waals surface area contributed by atoms with E-state index in [1.165, 1.54) is 18.2 Å². The highest BCUT2D eigenvalue weighted by atomic mass is 32.1. The Balaban J connectivity index is 0.00000625. The Morgan fingerprint density at radius 1 is 0.958 bits per heavy atom. The minimum Gasteiger partial charge on any atom is -0.481 e. The van der Waals surface area contributed by atoms with Crippen LogP contribution in [-0.2, 0) is 20.7 Å². The highest BCUT2D eigenvalue weighted by Gasteiger charge is 2.31. The summed E-state index contributed by atoms with van der Waals surface area (Å²) in [6.45, 7) is 12.5. The number of benzene rings is 2. The van der Waals surface area contributed by atoms with Crippen LogP contribution in [0.5, 0.6) is 0 Å². The third-order valence-electron chi connectivity index (χ3n) is 9.26. The van der Waals surface area contributed by atoms with Gasteiger partial charge in [-0.2, -0.15) is 13.5 Å². The standard InChI is InChI=1S/C37H45F3N2O5.H2S/c1-20(2)10-31(42-17-25(24(6)36(40)37(42)46)8-9-41-18-29(19-41)47-7)32(43)15-26(16-33(44)45)30-14-27(11-23(5)35(30)39)34-21(3)12-28(38)13-22(34)4;/h11-14,17,20,26,29,31H,8-10,15-16,18-19H2,1-7H3,(H,44,45);1H2/t26-,31?;/m0./s1. The molecule has 2 heterocycles. The van der Waals surface area contributed by atoms with Gasteiger partial charge in [-0.15, -0.1) is 0 Å². The van der Waals surface area contributed by atoms with Crippen LogP contribution >= 0.6 is 13.5 Å². The molecule has 11 heteroatoms. The van der Waals surface area contributed by atoms with E-state index < -0.39 is 53.1 Å². The molecule has 0 aliphatic carbocycles. The number of rotatable bonds is 14. The average molecular weight is 689 g/mol. The van der Waals surface area contributed by atoms with Crippen molar-refractivity contribution in [1.29, 1.82) is 0 Å². The van der Waals surface area contributed by atoms with Gasteiger partial charge in [-0.05, 0) is 115 Å². The Hall–Kier alpha value is -3.41. The molecule has 2 atom stereocenters.